The molecule has 0 aliphatic heterocycles. The maximum atomic E-state index is 12.6. The van der Waals surface area contributed by atoms with E-state index in [1.807, 2.05) is 0 Å². The van der Waals surface area contributed by atoms with Crippen LogP contribution in [0.4, 0.5) is 26.3 Å². The zero-order valence-electron chi connectivity index (χ0n) is 10.9. The van der Waals surface area contributed by atoms with Crippen LogP contribution in [0.15, 0.2) is 18.2 Å². The first kappa shape index (κ1) is 18.2. The van der Waals surface area contributed by atoms with Crippen molar-refractivity contribution >= 4 is 5.97 Å². The number of nitrogens with two attached hydrogens (primary N) is 1. The predicted octanol–water partition coefficient (Wildman–Crippen LogP) is 3.16. The van der Waals surface area contributed by atoms with E-state index in [1.54, 1.807) is 0 Å². The molecular formula is C12H11F6NO3. The van der Waals surface area contributed by atoms with Crippen LogP contribution in [0.2, 0.25) is 0 Å². The van der Waals surface area contributed by atoms with Gasteiger partial charge in [-0.05, 0) is 18.2 Å². The van der Waals surface area contributed by atoms with Gasteiger partial charge in [0.15, 0.2) is 0 Å². The quantitative estimate of drug-likeness (QED) is 0.390. The highest BCUT2D eigenvalue weighted by molar-refractivity contribution is 5.90. The van der Waals surface area contributed by atoms with Crippen LogP contribution < -0.4 is 5.90 Å². The summed E-state index contributed by atoms with van der Waals surface area (Å²) in [7, 11) is 0. The molecule has 0 saturated heterocycles. The van der Waals surface area contributed by atoms with E-state index in [2.05, 4.69) is 9.57 Å². The van der Waals surface area contributed by atoms with E-state index >= 15 is 0 Å². The Balaban J connectivity index is 3.05. The minimum absolute atomic E-state index is 0.0175. The lowest BCUT2D eigenvalue weighted by Crippen LogP contribution is -2.15. The highest BCUT2D eigenvalue weighted by Gasteiger charge is 2.37. The Labute approximate surface area is 120 Å². The van der Waals surface area contributed by atoms with Crippen LogP contribution in [0.5, 0.6) is 0 Å². The third kappa shape index (κ3) is 5.19. The number of halogens is 6. The number of rotatable bonds is 5. The van der Waals surface area contributed by atoms with E-state index < -0.39 is 35.0 Å². The van der Waals surface area contributed by atoms with E-state index in [1.165, 1.54) is 0 Å². The Hall–Kier alpha value is -1.81. The highest BCUT2D eigenvalue weighted by atomic mass is 19.4. The van der Waals surface area contributed by atoms with Crippen molar-refractivity contribution in [3.8, 4) is 0 Å². The predicted molar refractivity (Wildman–Crippen MR) is 61.5 cm³/mol. The maximum Gasteiger partial charge on any atom is 0.416 e. The summed E-state index contributed by atoms with van der Waals surface area (Å²) in [6.07, 6.45) is -9.90. The molecule has 0 unspecified atom stereocenters. The molecule has 0 atom stereocenters. The first-order chi connectivity index (χ1) is 10.1. The van der Waals surface area contributed by atoms with Crippen molar-refractivity contribution in [2.45, 2.75) is 18.8 Å². The number of carbonyl (C=O) groups excluding carboxylic acids is 1. The van der Waals surface area contributed by atoms with Crippen molar-refractivity contribution in [2.24, 2.45) is 5.90 Å². The zero-order valence-corrected chi connectivity index (χ0v) is 10.9. The Morgan fingerprint density at radius 3 is 1.86 bits per heavy atom. The summed E-state index contributed by atoms with van der Waals surface area (Å²) in [5, 5.41) is 0. The second-order valence-electron chi connectivity index (χ2n) is 4.15. The fourth-order valence-electron chi connectivity index (χ4n) is 1.46. The summed E-state index contributed by atoms with van der Waals surface area (Å²) in [4.78, 5) is 15.7. The van der Waals surface area contributed by atoms with Crippen LogP contribution >= 0.6 is 0 Å². The van der Waals surface area contributed by atoms with Gasteiger partial charge in [-0.25, -0.2) is 10.7 Å². The summed E-state index contributed by atoms with van der Waals surface area (Å²) in [5.74, 6) is 3.40. The summed E-state index contributed by atoms with van der Waals surface area (Å²) in [6, 6.07) is 0.535. The van der Waals surface area contributed by atoms with Crippen molar-refractivity contribution in [3.63, 3.8) is 0 Å². The van der Waals surface area contributed by atoms with Gasteiger partial charge in [0.05, 0.1) is 29.9 Å². The third-order valence-electron chi connectivity index (χ3n) is 2.46. The van der Waals surface area contributed by atoms with Gasteiger partial charge >= 0.3 is 18.3 Å². The molecule has 0 aliphatic rings. The molecule has 0 heterocycles. The first-order valence-electron chi connectivity index (χ1n) is 5.84. The average Bonchev–Trinajstić information content (AvgIpc) is 2.41. The van der Waals surface area contributed by atoms with Gasteiger partial charge < -0.3 is 9.57 Å². The Kier molecular flexibility index (Phi) is 5.78. The number of alkyl halides is 6. The lowest BCUT2D eigenvalue weighted by molar-refractivity contribution is -0.143. The van der Waals surface area contributed by atoms with Crippen molar-refractivity contribution < 1.29 is 40.7 Å². The molecule has 0 radical (unpaired) electrons. The van der Waals surface area contributed by atoms with E-state index in [0.717, 1.165) is 0 Å². The molecule has 0 aliphatic carbocycles. The van der Waals surface area contributed by atoms with Gasteiger partial charge in [0, 0.05) is 6.42 Å². The Morgan fingerprint density at radius 2 is 1.45 bits per heavy atom. The van der Waals surface area contributed by atoms with Gasteiger partial charge in [-0.1, -0.05) is 0 Å². The van der Waals surface area contributed by atoms with Gasteiger partial charge in [0.2, 0.25) is 0 Å². The summed E-state index contributed by atoms with van der Waals surface area (Å²) >= 11 is 0. The monoisotopic (exact) mass is 331 g/mol. The first-order valence-corrected chi connectivity index (χ1v) is 5.84. The standard InChI is InChI=1S/C12H11F6NO3/c13-11(14,15)8-4-7(5-9(6-8)12(16,17)18)10(20)21-2-1-3-22-19/h4-6H,1-3,19H2. The molecule has 22 heavy (non-hydrogen) atoms. The largest absolute Gasteiger partial charge is 0.462 e. The maximum absolute atomic E-state index is 12.6. The number of carbonyl (C=O) groups is 1. The van der Waals surface area contributed by atoms with Crippen molar-refractivity contribution in [1.82, 2.24) is 0 Å². The van der Waals surface area contributed by atoms with Gasteiger partial charge in [0.1, 0.15) is 0 Å². The zero-order chi connectivity index (χ0) is 17.0. The molecule has 10 heteroatoms. The molecule has 1 rings (SSSR count). The second-order valence-corrected chi connectivity index (χ2v) is 4.15. The number of ether oxygens (including phenoxy) is 1. The normalized spacial score (nSPS) is 12.3. The van der Waals surface area contributed by atoms with E-state index in [0.29, 0.717) is 12.1 Å². The van der Waals surface area contributed by atoms with Crippen LogP contribution in [-0.2, 0) is 21.9 Å². The van der Waals surface area contributed by atoms with Gasteiger partial charge in [-0.3, -0.25) is 0 Å². The molecule has 1 aromatic carbocycles. The summed E-state index contributed by atoms with van der Waals surface area (Å²) in [6.45, 7) is -0.239. The van der Waals surface area contributed by atoms with Crippen molar-refractivity contribution in [2.75, 3.05) is 13.2 Å². The molecule has 0 saturated carbocycles. The minimum Gasteiger partial charge on any atom is -0.462 e. The highest BCUT2D eigenvalue weighted by Crippen LogP contribution is 2.36. The second kappa shape index (κ2) is 6.97. The van der Waals surface area contributed by atoms with Crippen molar-refractivity contribution in [3.05, 3.63) is 34.9 Å². The van der Waals surface area contributed by atoms with Gasteiger partial charge in [0.25, 0.3) is 0 Å². The smallest absolute Gasteiger partial charge is 0.416 e. The van der Waals surface area contributed by atoms with E-state index in [9.17, 15) is 31.1 Å². The van der Waals surface area contributed by atoms with Crippen LogP contribution in [0.25, 0.3) is 0 Å². The number of esters is 1. The third-order valence-corrected chi connectivity index (χ3v) is 2.46. The van der Waals surface area contributed by atoms with Gasteiger partial charge in [-0.2, -0.15) is 26.3 Å². The molecule has 4 nitrogen and oxygen atoms in total. The Morgan fingerprint density at radius 1 is 0.955 bits per heavy atom. The lowest BCUT2D eigenvalue weighted by atomic mass is 10.0. The molecule has 2 N–H and O–H groups in total. The molecule has 0 aromatic heterocycles. The summed E-state index contributed by atoms with van der Waals surface area (Å²) in [5.41, 5.74) is -4.00. The molecule has 0 spiro atoms. The van der Waals surface area contributed by atoms with Gasteiger partial charge in [-0.15, -0.1) is 0 Å². The minimum atomic E-state index is -5.02. The molecule has 0 amide bonds. The Bertz CT molecular complexity index is 494. The molecule has 124 valence electrons. The molecule has 1 aromatic rings. The van der Waals surface area contributed by atoms with Crippen molar-refractivity contribution in [1.29, 1.82) is 0 Å². The van der Waals surface area contributed by atoms with E-state index in [4.69, 9.17) is 5.90 Å². The van der Waals surface area contributed by atoms with Crippen LogP contribution in [-0.4, -0.2) is 19.2 Å². The molecule has 0 bridgehead atoms. The lowest BCUT2D eigenvalue weighted by Gasteiger charge is -2.13. The number of hydrogen-bond acceptors (Lipinski definition) is 4. The van der Waals surface area contributed by atoms with Crippen LogP contribution in [0.1, 0.15) is 27.9 Å². The topological polar surface area (TPSA) is 61.6 Å². The molecule has 0 fully saturated rings. The fourth-order valence-corrected chi connectivity index (χ4v) is 1.46. The SMILES string of the molecule is NOCCCOC(=O)c1cc(C(F)(F)F)cc(C(F)(F)F)c1. The van der Waals surface area contributed by atoms with Crippen LogP contribution in [0.3, 0.4) is 0 Å². The average molecular weight is 331 g/mol. The fraction of sp³-hybridized carbons (Fsp3) is 0.417. The van der Waals surface area contributed by atoms with Crippen LogP contribution in [0, 0.1) is 0 Å². The number of benzene rings is 1. The summed E-state index contributed by atoms with van der Waals surface area (Å²) < 4.78 is 80.2. The number of hydrogen-bond donors (Lipinski definition) is 1. The van der Waals surface area contributed by atoms with E-state index in [-0.39, 0.29) is 25.7 Å². The molecular weight excluding hydrogens is 320 g/mol.